The van der Waals surface area contributed by atoms with Crippen molar-refractivity contribution in [3.63, 3.8) is 0 Å². The largest absolute Gasteiger partial charge is 0.465 e. The highest BCUT2D eigenvalue weighted by atomic mass is 32.2. The quantitative estimate of drug-likeness (QED) is 0.453. The molecule has 0 N–H and O–H groups in total. The lowest BCUT2D eigenvalue weighted by atomic mass is 10.2. The average Bonchev–Trinajstić information content (AvgIpc) is 3.13. The number of hydrogen-bond donors (Lipinski definition) is 0. The zero-order chi connectivity index (χ0) is 25.1. The Labute approximate surface area is 208 Å². The third-order valence-corrected chi connectivity index (χ3v) is 7.32. The summed E-state index contributed by atoms with van der Waals surface area (Å²) in [5.74, 6) is -1.04. The molecule has 184 valence electrons. The molecular weight excluding hydrogens is 466 g/mol. The standard InChI is InChI=1S/C26H29N3O5S/c1-17-13-20(18(2)29(17)21-10-8-9-19(14-21)25(32)34-3)15-22-24(31)28(26(33)35-22)16-23(30)27-11-6-4-5-7-12-27/h8-10,13-15H,4-7,11-12,16H2,1-3H3. The van der Waals surface area contributed by atoms with Gasteiger partial charge in [0.25, 0.3) is 11.1 Å². The van der Waals surface area contributed by atoms with E-state index in [0.29, 0.717) is 23.6 Å². The highest BCUT2D eigenvalue weighted by Gasteiger charge is 2.37. The molecule has 0 unspecified atom stereocenters. The molecule has 1 aromatic carbocycles. The maximum atomic E-state index is 13.0. The molecule has 2 aliphatic heterocycles. The van der Waals surface area contributed by atoms with Crippen LogP contribution in [-0.2, 0) is 14.3 Å². The maximum absolute atomic E-state index is 13.0. The summed E-state index contributed by atoms with van der Waals surface area (Å²) in [6, 6.07) is 9.03. The van der Waals surface area contributed by atoms with Crippen LogP contribution in [0.5, 0.6) is 0 Å². The molecule has 3 amide bonds. The number of carbonyl (C=O) groups is 4. The van der Waals surface area contributed by atoms with Gasteiger partial charge in [0.15, 0.2) is 0 Å². The molecule has 2 aromatic rings. The minimum absolute atomic E-state index is 0.181. The van der Waals surface area contributed by atoms with Crippen LogP contribution in [0.3, 0.4) is 0 Å². The molecule has 0 spiro atoms. The molecule has 0 aliphatic carbocycles. The maximum Gasteiger partial charge on any atom is 0.337 e. The third kappa shape index (κ3) is 5.19. The van der Waals surface area contributed by atoms with Crippen LogP contribution in [0.1, 0.15) is 53.0 Å². The summed E-state index contributed by atoms with van der Waals surface area (Å²) in [4.78, 5) is 53.4. The molecule has 2 saturated heterocycles. The van der Waals surface area contributed by atoms with E-state index in [1.54, 1.807) is 29.2 Å². The summed E-state index contributed by atoms with van der Waals surface area (Å²) < 4.78 is 6.80. The van der Waals surface area contributed by atoms with Crippen LogP contribution in [-0.4, -0.2) is 64.1 Å². The van der Waals surface area contributed by atoms with Crippen LogP contribution >= 0.6 is 11.8 Å². The van der Waals surface area contributed by atoms with Crippen molar-refractivity contribution in [2.24, 2.45) is 0 Å². The Hall–Kier alpha value is -3.33. The molecule has 9 heteroatoms. The number of amides is 3. The fourth-order valence-electron chi connectivity index (χ4n) is 4.55. The van der Waals surface area contributed by atoms with Crippen molar-refractivity contribution in [2.45, 2.75) is 39.5 Å². The molecule has 0 bridgehead atoms. The zero-order valence-corrected chi connectivity index (χ0v) is 21.0. The number of nitrogens with zero attached hydrogens (tertiary/aromatic N) is 3. The fraction of sp³-hybridized carbons (Fsp3) is 0.385. The minimum atomic E-state index is -0.444. The van der Waals surface area contributed by atoms with E-state index < -0.39 is 17.1 Å². The van der Waals surface area contributed by atoms with Gasteiger partial charge in [0, 0.05) is 30.2 Å². The summed E-state index contributed by atoms with van der Waals surface area (Å²) in [6.45, 7) is 4.97. The summed E-state index contributed by atoms with van der Waals surface area (Å²) in [5, 5.41) is -0.427. The van der Waals surface area contributed by atoms with Crippen LogP contribution in [0.15, 0.2) is 35.2 Å². The van der Waals surface area contributed by atoms with Crippen molar-refractivity contribution in [1.82, 2.24) is 14.4 Å². The molecule has 35 heavy (non-hydrogen) atoms. The number of hydrogen-bond acceptors (Lipinski definition) is 6. The minimum Gasteiger partial charge on any atom is -0.465 e. The normalized spacial score (nSPS) is 17.7. The highest BCUT2D eigenvalue weighted by Crippen LogP contribution is 2.34. The third-order valence-electron chi connectivity index (χ3n) is 6.41. The zero-order valence-electron chi connectivity index (χ0n) is 20.2. The molecule has 3 heterocycles. The number of benzene rings is 1. The van der Waals surface area contributed by atoms with Crippen LogP contribution in [0, 0.1) is 13.8 Å². The average molecular weight is 496 g/mol. The lowest BCUT2D eigenvalue weighted by molar-refractivity contribution is -0.135. The van der Waals surface area contributed by atoms with Crippen LogP contribution in [0.25, 0.3) is 11.8 Å². The van der Waals surface area contributed by atoms with Crippen LogP contribution in [0.2, 0.25) is 0 Å². The summed E-state index contributed by atoms with van der Waals surface area (Å²) in [5.41, 5.74) is 3.78. The predicted molar refractivity (Wildman–Crippen MR) is 134 cm³/mol. The Bertz CT molecular complexity index is 1210. The van der Waals surface area contributed by atoms with Gasteiger partial charge in [-0.2, -0.15) is 0 Å². The summed E-state index contributed by atoms with van der Waals surface area (Å²) >= 11 is 0.856. The number of carbonyl (C=O) groups excluding carboxylic acids is 4. The molecule has 0 saturated carbocycles. The monoisotopic (exact) mass is 495 g/mol. The molecular formula is C26H29N3O5S. The SMILES string of the molecule is COC(=O)c1cccc(-n2c(C)cc(C=C3SC(=O)N(CC(=O)N4CCCCCC4)C3=O)c2C)c1. The van der Waals surface area contributed by atoms with Gasteiger partial charge in [-0.1, -0.05) is 18.9 Å². The van der Waals surface area contributed by atoms with E-state index >= 15 is 0 Å². The number of imide groups is 1. The molecule has 4 rings (SSSR count). The molecule has 2 fully saturated rings. The van der Waals surface area contributed by atoms with Crippen molar-refractivity contribution in [1.29, 1.82) is 0 Å². The first-order chi connectivity index (χ1) is 16.8. The molecule has 1 aromatic heterocycles. The Kier molecular flexibility index (Phi) is 7.45. The number of aromatic nitrogens is 1. The lowest BCUT2D eigenvalue weighted by Crippen LogP contribution is -2.42. The number of rotatable bonds is 5. The van der Waals surface area contributed by atoms with E-state index in [2.05, 4.69) is 0 Å². The van der Waals surface area contributed by atoms with Gasteiger partial charge in [0.1, 0.15) is 6.54 Å². The molecule has 8 nitrogen and oxygen atoms in total. The topological polar surface area (TPSA) is 88.9 Å². The smallest absolute Gasteiger partial charge is 0.337 e. The number of aryl methyl sites for hydroxylation is 1. The van der Waals surface area contributed by atoms with E-state index in [1.165, 1.54) is 7.11 Å². The van der Waals surface area contributed by atoms with Gasteiger partial charge in [-0.15, -0.1) is 0 Å². The van der Waals surface area contributed by atoms with Crippen LogP contribution in [0.4, 0.5) is 4.79 Å². The molecule has 0 atom stereocenters. The lowest BCUT2D eigenvalue weighted by Gasteiger charge is -2.22. The number of thioether (sulfide) groups is 1. The van der Waals surface area contributed by atoms with Crippen molar-refractivity contribution >= 4 is 40.9 Å². The van der Waals surface area contributed by atoms with Gasteiger partial charge in [-0.3, -0.25) is 19.3 Å². The highest BCUT2D eigenvalue weighted by molar-refractivity contribution is 8.18. The van der Waals surface area contributed by atoms with Crippen LogP contribution < -0.4 is 0 Å². The molecule has 2 aliphatic rings. The first-order valence-electron chi connectivity index (χ1n) is 11.7. The van der Waals surface area contributed by atoms with Gasteiger partial charge < -0.3 is 14.2 Å². The van der Waals surface area contributed by atoms with Crippen molar-refractivity contribution in [3.8, 4) is 5.69 Å². The van der Waals surface area contributed by atoms with E-state index in [9.17, 15) is 19.2 Å². The first-order valence-corrected chi connectivity index (χ1v) is 12.5. The van der Waals surface area contributed by atoms with Gasteiger partial charge in [-0.05, 0) is 74.4 Å². The first kappa shape index (κ1) is 24.8. The molecule has 0 radical (unpaired) electrons. The Morgan fingerprint density at radius 2 is 1.77 bits per heavy atom. The van der Waals surface area contributed by atoms with E-state index in [4.69, 9.17) is 4.74 Å². The number of ether oxygens (including phenoxy) is 1. The second-order valence-corrected chi connectivity index (χ2v) is 9.76. The second-order valence-electron chi connectivity index (χ2n) is 8.77. The Morgan fingerprint density at radius 1 is 1.06 bits per heavy atom. The number of esters is 1. The van der Waals surface area contributed by atoms with Crippen molar-refractivity contribution < 1.29 is 23.9 Å². The van der Waals surface area contributed by atoms with Crippen molar-refractivity contribution in [2.75, 3.05) is 26.7 Å². The Balaban J connectivity index is 1.55. The number of methoxy groups -OCH3 is 1. The van der Waals surface area contributed by atoms with E-state index in [1.807, 2.05) is 30.5 Å². The van der Waals surface area contributed by atoms with Gasteiger partial charge in [0.2, 0.25) is 5.91 Å². The van der Waals surface area contributed by atoms with Gasteiger partial charge >= 0.3 is 5.97 Å². The van der Waals surface area contributed by atoms with E-state index in [0.717, 1.165) is 65.0 Å². The van der Waals surface area contributed by atoms with E-state index in [-0.39, 0.29) is 12.5 Å². The van der Waals surface area contributed by atoms with Gasteiger partial charge in [-0.25, -0.2) is 4.79 Å². The fourth-order valence-corrected chi connectivity index (χ4v) is 5.38. The predicted octanol–water partition coefficient (Wildman–Crippen LogP) is 4.32. The summed E-state index contributed by atoms with van der Waals surface area (Å²) in [6.07, 6.45) is 5.79. The summed E-state index contributed by atoms with van der Waals surface area (Å²) in [7, 11) is 1.34. The van der Waals surface area contributed by atoms with Crippen molar-refractivity contribution in [3.05, 3.63) is 57.8 Å². The number of likely N-dealkylation sites (tertiary alicyclic amines) is 1. The Morgan fingerprint density at radius 3 is 2.46 bits per heavy atom. The van der Waals surface area contributed by atoms with Gasteiger partial charge in [0.05, 0.1) is 17.6 Å². The second kappa shape index (κ2) is 10.5.